The van der Waals surface area contributed by atoms with E-state index in [1.165, 1.54) is 9.21 Å². The molecule has 0 unspecified atom stereocenters. The highest BCUT2D eigenvalue weighted by Crippen LogP contribution is 2.28. The van der Waals surface area contributed by atoms with Crippen LogP contribution in [-0.4, -0.2) is 45.4 Å². The molecule has 0 heterocycles. The lowest BCUT2D eigenvalue weighted by Gasteiger charge is -2.34. The van der Waals surface area contributed by atoms with Crippen LogP contribution < -0.4 is 9.64 Å². The number of nitrogens with zero attached hydrogens (tertiary/aromatic N) is 2. The highest BCUT2D eigenvalue weighted by molar-refractivity contribution is 7.89. The van der Waals surface area contributed by atoms with Gasteiger partial charge in [-0.3, -0.25) is 4.79 Å². The Hall–Kier alpha value is -2.38. The van der Waals surface area contributed by atoms with Crippen LogP contribution in [0.5, 0.6) is 5.75 Å². The summed E-state index contributed by atoms with van der Waals surface area (Å²) in [5, 5.41) is 0. The second-order valence-corrected chi connectivity index (χ2v) is 9.70. The van der Waals surface area contributed by atoms with Crippen molar-refractivity contribution in [3.05, 3.63) is 54.1 Å². The van der Waals surface area contributed by atoms with E-state index in [1.54, 1.807) is 62.7 Å². The molecule has 0 aromatic heterocycles. The molecule has 1 aliphatic rings. The molecule has 162 valence electrons. The van der Waals surface area contributed by atoms with Gasteiger partial charge in [0.1, 0.15) is 5.75 Å². The average Bonchev–Trinajstić information content (AvgIpc) is 2.77. The van der Waals surface area contributed by atoms with Crippen molar-refractivity contribution in [1.82, 2.24) is 4.31 Å². The first-order valence-corrected chi connectivity index (χ1v) is 11.8. The van der Waals surface area contributed by atoms with E-state index >= 15 is 0 Å². The average molecular weight is 431 g/mol. The Morgan fingerprint density at radius 2 is 1.60 bits per heavy atom. The zero-order valence-electron chi connectivity index (χ0n) is 17.9. The molecule has 0 spiro atoms. The molecule has 3 rings (SSSR count). The van der Waals surface area contributed by atoms with Crippen LogP contribution in [0.25, 0.3) is 0 Å². The van der Waals surface area contributed by atoms with Crippen LogP contribution in [0.4, 0.5) is 5.69 Å². The lowest BCUT2D eigenvalue weighted by Crippen LogP contribution is -2.47. The van der Waals surface area contributed by atoms with E-state index in [1.807, 2.05) is 6.92 Å². The molecule has 0 radical (unpaired) electrons. The van der Waals surface area contributed by atoms with E-state index in [2.05, 4.69) is 0 Å². The normalized spacial score (nSPS) is 15.2. The first-order chi connectivity index (χ1) is 14.3. The molecule has 2 aromatic rings. The van der Waals surface area contributed by atoms with Crippen molar-refractivity contribution in [2.75, 3.05) is 25.6 Å². The molecule has 1 amide bonds. The summed E-state index contributed by atoms with van der Waals surface area (Å²) in [5.41, 5.74) is 1.69. The molecule has 7 heteroatoms. The largest absolute Gasteiger partial charge is 0.497 e. The van der Waals surface area contributed by atoms with Crippen LogP contribution >= 0.6 is 0 Å². The Balaban J connectivity index is 1.86. The predicted octanol–water partition coefficient (Wildman–Crippen LogP) is 3.99. The van der Waals surface area contributed by atoms with Crippen molar-refractivity contribution in [2.24, 2.45) is 0 Å². The molecule has 1 fully saturated rings. The number of carbonyl (C=O) groups is 1. The molecule has 0 N–H and O–H groups in total. The smallest absolute Gasteiger partial charge is 0.243 e. The third-order valence-electron chi connectivity index (χ3n) is 5.73. The van der Waals surface area contributed by atoms with Gasteiger partial charge in [-0.1, -0.05) is 37.0 Å². The number of aryl methyl sites for hydroxylation is 1. The van der Waals surface area contributed by atoms with Gasteiger partial charge in [0.25, 0.3) is 0 Å². The van der Waals surface area contributed by atoms with Gasteiger partial charge >= 0.3 is 0 Å². The SMILES string of the molecule is COc1ccc(N(C)C(=O)CN(C2CCCCC2)S(=O)(=O)c2ccc(C)cc2)cc1. The predicted molar refractivity (Wildman–Crippen MR) is 118 cm³/mol. The summed E-state index contributed by atoms with van der Waals surface area (Å²) in [4.78, 5) is 14.8. The van der Waals surface area contributed by atoms with Crippen LogP contribution in [0, 0.1) is 6.92 Å². The van der Waals surface area contributed by atoms with Crippen LogP contribution in [0.2, 0.25) is 0 Å². The molecule has 0 bridgehead atoms. The second kappa shape index (κ2) is 9.62. The van der Waals surface area contributed by atoms with E-state index in [0.717, 1.165) is 37.7 Å². The monoisotopic (exact) mass is 430 g/mol. The molecule has 1 saturated carbocycles. The Bertz CT molecular complexity index is 950. The Labute approximate surface area is 179 Å². The minimum Gasteiger partial charge on any atom is -0.497 e. The van der Waals surface area contributed by atoms with Gasteiger partial charge in [0.05, 0.1) is 18.6 Å². The van der Waals surface area contributed by atoms with Gasteiger partial charge in [0.2, 0.25) is 15.9 Å². The fourth-order valence-electron chi connectivity index (χ4n) is 3.81. The molecule has 2 aromatic carbocycles. The number of rotatable bonds is 7. The van der Waals surface area contributed by atoms with Gasteiger partial charge in [0.15, 0.2) is 0 Å². The van der Waals surface area contributed by atoms with Crippen molar-refractivity contribution in [3.8, 4) is 5.75 Å². The maximum absolute atomic E-state index is 13.5. The lowest BCUT2D eigenvalue weighted by molar-refractivity contribution is -0.119. The Kier molecular flexibility index (Phi) is 7.15. The first-order valence-electron chi connectivity index (χ1n) is 10.3. The van der Waals surface area contributed by atoms with Crippen LogP contribution in [0.3, 0.4) is 0 Å². The minimum atomic E-state index is -3.77. The zero-order chi connectivity index (χ0) is 21.7. The standard InChI is InChI=1S/C23H30N2O4S/c1-18-9-15-22(16-10-18)30(27,28)25(20-7-5-4-6-8-20)17-23(26)24(2)19-11-13-21(29-3)14-12-19/h9-16,20H,4-8,17H2,1-3H3. The Morgan fingerprint density at radius 1 is 1.00 bits per heavy atom. The van der Waals surface area contributed by atoms with Crippen molar-refractivity contribution >= 4 is 21.6 Å². The number of likely N-dealkylation sites (N-methyl/N-ethyl adjacent to an activating group) is 1. The van der Waals surface area contributed by atoms with Crippen molar-refractivity contribution in [2.45, 2.75) is 50.0 Å². The maximum Gasteiger partial charge on any atom is 0.243 e. The molecule has 0 atom stereocenters. The van der Waals surface area contributed by atoms with Gasteiger partial charge in [-0.25, -0.2) is 8.42 Å². The Morgan fingerprint density at radius 3 is 2.17 bits per heavy atom. The number of carbonyl (C=O) groups excluding carboxylic acids is 1. The van der Waals surface area contributed by atoms with E-state index in [9.17, 15) is 13.2 Å². The fourth-order valence-corrected chi connectivity index (χ4v) is 5.45. The van der Waals surface area contributed by atoms with E-state index in [4.69, 9.17) is 4.74 Å². The number of hydrogen-bond donors (Lipinski definition) is 0. The maximum atomic E-state index is 13.5. The lowest BCUT2D eigenvalue weighted by atomic mass is 9.95. The highest BCUT2D eigenvalue weighted by Gasteiger charge is 2.34. The summed E-state index contributed by atoms with van der Waals surface area (Å²) >= 11 is 0. The molecule has 1 aliphatic carbocycles. The second-order valence-electron chi connectivity index (χ2n) is 7.81. The number of methoxy groups -OCH3 is 1. The van der Waals surface area contributed by atoms with Gasteiger partial charge in [-0.2, -0.15) is 4.31 Å². The molecule has 6 nitrogen and oxygen atoms in total. The van der Waals surface area contributed by atoms with Crippen LogP contribution in [0.1, 0.15) is 37.7 Å². The number of benzene rings is 2. The fraction of sp³-hybridized carbons (Fsp3) is 0.435. The van der Waals surface area contributed by atoms with Gasteiger partial charge < -0.3 is 9.64 Å². The first kappa shape index (κ1) is 22.3. The molecule has 0 saturated heterocycles. The molecule has 0 aliphatic heterocycles. The van der Waals surface area contributed by atoms with E-state index in [-0.39, 0.29) is 23.4 Å². The molecular formula is C23H30N2O4S. The van der Waals surface area contributed by atoms with Crippen LogP contribution in [0.15, 0.2) is 53.4 Å². The van der Waals surface area contributed by atoms with Gasteiger partial charge in [-0.15, -0.1) is 0 Å². The van der Waals surface area contributed by atoms with E-state index in [0.29, 0.717) is 11.4 Å². The number of amides is 1. The highest BCUT2D eigenvalue weighted by atomic mass is 32.2. The quantitative estimate of drug-likeness (QED) is 0.666. The molecule has 30 heavy (non-hydrogen) atoms. The topological polar surface area (TPSA) is 66.9 Å². The number of hydrogen-bond acceptors (Lipinski definition) is 4. The number of anilines is 1. The zero-order valence-corrected chi connectivity index (χ0v) is 18.7. The minimum absolute atomic E-state index is 0.154. The third kappa shape index (κ3) is 5.02. The van der Waals surface area contributed by atoms with Gasteiger partial charge in [0, 0.05) is 18.8 Å². The third-order valence-corrected chi connectivity index (χ3v) is 7.65. The number of ether oxygens (including phenoxy) is 1. The van der Waals surface area contributed by atoms with Gasteiger partial charge in [-0.05, 0) is 56.2 Å². The summed E-state index contributed by atoms with van der Waals surface area (Å²) < 4.78 is 33.5. The van der Waals surface area contributed by atoms with Crippen molar-refractivity contribution < 1.29 is 17.9 Å². The van der Waals surface area contributed by atoms with E-state index < -0.39 is 10.0 Å². The summed E-state index contributed by atoms with van der Waals surface area (Å²) in [7, 11) is -0.520. The number of sulfonamides is 1. The molecular weight excluding hydrogens is 400 g/mol. The summed E-state index contributed by atoms with van der Waals surface area (Å²) in [6, 6.07) is 13.8. The summed E-state index contributed by atoms with van der Waals surface area (Å²) in [6.45, 7) is 1.74. The summed E-state index contributed by atoms with van der Waals surface area (Å²) in [6.07, 6.45) is 4.63. The van der Waals surface area contributed by atoms with Crippen molar-refractivity contribution in [1.29, 1.82) is 0 Å². The summed E-state index contributed by atoms with van der Waals surface area (Å²) in [5.74, 6) is 0.437. The van der Waals surface area contributed by atoms with Crippen LogP contribution in [-0.2, 0) is 14.8 Å². The van der Waals surface area contributed by atoms with Crippen molar-refractivity contribution in [3.63, 3.8) is 0 Å².